The maximum Gasteiger partial charge on any atom is 0.253 e. The van der Waals surface area contributed by atoms with Gasteiger partial charge in [0.1, 0.15) is 0 Å². The van der Waals surface area contributed by atoms with Gasteiger partial charge in [0.15, 0.2) is 5.82 Å². The molecule has 3 aromatic rings. The van der Waals surface area contributed by atoms with E-state index in [1.54, 1.807) is 18.3 Å². The molecule has 9 heteroatoms. The van der Waals surface area contributed by atoms with Crippen LogP contribution in [0.2, 0.25) is 0 Å². The van der Waals surface area contributed by atoms with Crippen LogP contribution in [0, 0.1) is 0 Å². The zero-order valence-corrected chi connectivity index (χ0v) is 17.1. The van der Waals surface area contributed by atoms with Crippen LogP contribution in [-0.2, 0) is 6.54 Å². The molecular weight excluding hydrogens is 384 g/mol. The average Bonchev–Trinajstić information content (AvgIpc) is 3.23. The lowest BCUT2D eigenvalue weighted by atomic mass is 9.93. The number of nitrogens with zero attached hydrogens (tertiary/aromatic N) is 4. The van der Waals surface area contributed by atoms with E-state index in [-0.39, 0.29) is 30.5 Å². The van der Waals surface area contributed by atoms with Crippen molar-refractivity contribution in [3.8, 4) is 0 Å². The predicted molar refractivity (Wildman–Crippen MR) is 111 cm³/mol. The lowest BCUT2D eigenvalue weighted by Crippen LogP contribution is -2.29. The maximum atomic E-state index is 12.8. The Morgan fingerprint density at radius 2 is 2.03 bits per heavy atom. The number of aromatic nitrogens is 4. The molecule has 0 saturated heterocycles. The normalized spacial score (nSPS) is 19.2. The predicted octanol–water partition coefficient (Wildman–Crippen LogP) is 2.78. The fraction of sp³-hybridized carbons (Fsp3) is 0.476. The fourth-order valence-electron chi connectivity index (χ4n) is 3.54. The number of hydrogen-bond acceptors (Lipinski definition) is 8. The van der Waals surface area contributed by atoms with Gasteiger partial charge < -0.3 is 20.3 Å². The number of anilines is 1. The van der Waals surface area contributed by atoms with Gasteiger partial charge in [-0.15, -0.1) is 0 Å². The number of fused-ring (bicyclic) bond motifs is 1. The van der Waals surface area contributed by atoms with Gasteiger partial charge in [-0.2, -0.15) is 4.98 Å². The SMILES string of the molecule is CC(C)c1nc(CNC(=O)c2cccc3cnc(N[C@H]4CC[C@H](O)CC4)nc23)no1. The van der Waals surface area contributed by atoms with E-state index in [1.165, 1.54) is 0 Å². The molecule has 2 heterocycles. The number of aliphatic hydroxyl groups is 1. The van der Waals surface area contributed by atoms with E-state index >= 15 is 0 Å². The highest BCUT2D eigenvalue weighted by molar-refractivity contribution is 6.05. The number of carbonyl (C=O) groups excluding carboxylic acids is 1. The molecule has 0 atom stereocenters. The Hall–Kier alpha value is -3.07. The topological polar surface area (TPSA) is 126 Å². The fourth-order valence-corrected chi connectivity index (χ4v) is 3.54. The lowest BCUT2D eigenvalue weighted by molar-refractivity contribution is 0.0951. The number of benzene rings is 1. The molecule has 1 aliphatic carbocycles. The van der Waals surface area contributed by atoms with Crippen molar-refractivity contribution in [3.05, 3.63) is 41.7 Å². The minimum absolute atomic E-state index is 0.134. The van der Waals surface area contributed by atoms with Crippen molar-refractivity contribution < 1.29 is 14.4 Å². The zero-order chi connectivity index (χ0) is 21.1. The van der Waals surface area contributed by atoms with Gasteiger partial charge in [0.2, 0.25) is 11.8 Å². The Kier molecular flexibility index (Phi) is 5.89. The average molecular weight is 410 g/mol. The highest BCUT2D eigenvalue weighted by atomic mass is 16.5. The Bertz CT molecular complexity index is 1030. The smallest absolute Gasteiger partial charge is 0.253 e. The van der Waals surface area contributed by atoms with Crippen LogP contribution in [0.5, 0.6) is 0 Å². The summed E-state index contributed by atoms with van der Waals surface area (Å²) in [5, 5.41) is 20.5. The molecule has 0 spiro atoms. The number of aliphatic hydroxyl groups excluding tert-OH is 1. The van der Waals surface area contributed by atoms with E-state index in [0.717, 1.165) is 31.1 Å². The van der Waals surface area contributed by atoms with E-state index in [2.05, 4.69) is 30.7 Å². The summed E-state index contributed by atoms with van der Waals surface area (Å²) in [5.41, 5.74) is 1.05. The summed E-state index contributed by atoms with van der Waals surface area (Å²) in [5.74, 6) is 1.34. The highest BCUT2D eigenvalue weighted by Crippen LogP contribution is 2.23. The van der Waals surface area contributed by atoms with E-state index in [9.17, 15) is 9.90 Å². The molecule has 0 radical (unpaired) electrons. The molecule has 1 aliphatic rings. The Morgan fingerprint density at radius 1 is 1.23 bits per heavy atom. The summed E-state index contributed by atoms with van der Waals surface area (Å²) >= 11 is 0. The molecule has 4 rings (SSSR count). The van der Waals surface area contributed by atoms with Gasteiger partial charge in [0, 0.05) is 23.5 Å². The zero-order valence-electron chi connectivity index (χ0n) is 17.1. The van der Waals surface area contributed by atoms with Gasteiger partial charge >= 0.3 is 0 Å². The van der Waals surface area contributed by atoms with Crippen molar-refractivity contribution in [1.82, 2.24) is 25.4 Å². The summed E-state index contributed by atoms with van der Waals surface area (Å²) in [6, 6.07) is 5.64. The first-order valence-electron chi connectivity index (χ1n) is 10.3. The van der Waals surface area contributed by atoms with Crippen molar-refractivity contribution in [2.75, 3.05) is 5.32 Å². The number of amides is 1. The van der Waals surface area contributed by atoms with Crippen molar-refractivity contribution in [3.63, 3.8) is 0 Å². The second-order valence-electron chi connectivity index (χ2n) is 7.97. The molecule has 1 amide bonds. The summed E-state index contributed by atoms with van der Waals surface area (Å²) in [7, 11) is 0. The molecular formula is C21H26N6O3. The molecule has 1 aromatic carbocycles. The monoisotopic (exact) mass is 410 g/mol. The van der Waals surface area contributed by atoms with Crippen LogP contribution in [0.4, 0.5) is 5.95 Å². The van der Waals surface area contributed by atoms with Crippen molar-refractivity contribution in [2.24, 2.45) is 0 Å². The van der Waals surface area contributed by atoms with E-state index in [0.29, 0.717) is 28.7 Å². The minimum atomic E-state index is -0.262. The van der Waals surface area contributed by atoms with Crippen LogP contribution in [0.25, 0.3) is 10.9 Å². The van der Waals surface area contributed by atoms with Crippen LogP contribution in [-0.4, -0.2) is 43.3 Å². The first-order chi connectivity index (χ1) is 14.5. The summed E-state index contributed by atoms with van der Waals surface area (Å²) in [6.07, 6.45) is 4.78. The molecule has 3 N–H and O–H groups in total. The lowest BCUT2D eigenvalue weighted by Gasteiger charge is -2.26. The molecule has 2 aromatic heterocycles. The van der Waals surface area contributed by atoms with Crippen molar-refractivity contribution in [2.45, 2.75) is 64.1 Å². The highest BCUT2D eigenvalue weighted by Gasteiger charge is 2.20. The van der Waals surface area contributed by atoms with Crippen LogP contribution < -0.4 is 10.6 Å². The van der Waals surface area contributed by atoms with Crippen LogP contribution in [0.15, 0.2) is 28.9 Å². The standard InChI is InChI=1S/C21H26N6O3/c1-12(2)20-25-17(27-30-20)11-22-19(29)16-5-3-4-13-10-23-21(26-18(13)16)24-14-6-8-15(28)9-7-14/h3-5,10,12,14-15,28H,6-9,11H2,1-2H3,(H,22,29)(H,23,24,26)/t14-,15-. The van der Waals surface area contributed by atoms with E-state index in [1.807, 2.05) is 19.9 Å². The maximum absolute atomic E-state index is 12.8. The molecule has 0 unspecified atom stereocenters. The van der Waals surface area contributed by atoms with Gasteiger partial charge in [-0.25, -0.2) is 9.97 Å². The van der Waals surface area contributed by atoms with Gasteiger partial charge in [0.25, 0.3) is 5.91 Å². The second kappa shape index (κ2) is 8.74. The van der Waals surface area contributed by atoms with Crippen LogP contribution in [0.1, 0.15) is 67.5 Å². The van der Waals surface area contributed by atoms with Crippen LogP contribution in [0.3, 0.4) is 0 Å². The third-order valence-corrected chi connectivity index (χ3v) is 5.27. The molecule has 30 heavy (non-hydrogen) atoms. The summed E-state index contributed by atoms with van der Waals surface area (Å²) in [6.45, 7) is 4.10. The minimum Gasteiger partial charge on any atom is -0.393 e. The number of hydrogen-bond donors (Lipinski definition) is 3. The Labute approximate surface area is 174 Å². The molecule has 0 aliphatic heterocycles. The largest absolute Gasteiger partial charge is 0.393 e. The van der Waals surface area contributed by atoms with Gasteiger partial charge in [-0.3, -0.25) is 4.79 Å². The third kappa shape index (κ3) is 4.56. The quantitative estimate of drug-likeness (QED) is 0.566. The molecule has 9 nitrogen and oxygen atoms in total. The van der Waals surface area contributed by atoms with Crippen LogP contribution >= 0.6 is 0 Å². The van der Waals surface area contributed by atoms with Gasteiger partial charge in [-0.1, -0.05) is 31.1 Å². The number of rotatable bonds is 6. The summed E-state index contributed by atoms with van der Waals surface area (Å²) < 4.78 is 5.17. The number of para-hydroxylation sites is 1. The van der Waals surface area contributed by atoms with Crippen molar-refractivity contribution in [1.29, 1.82) is 0 Å². The third-order valence-electron chi connectivity index (χ3n) is 5.27. The first kappa shape index (κ1) is 20.2. The Balaban J connectivity index is 1.48. The first-order valence-corrected chi connectivity index (χ1v) is 10.3. The molecule has 0 bridgehead atoms. The summed E-state index contributed by atoms with van der Waals surface area (Å²) in [4.78, 5) is 26.1. The number of carbonyl (C=O) groups is 1. The number of nitrogens with one attached hydrogen (secondary N) is 2. The Morgan fingerprint density at radius 3 is 2.77 bits per heavy atom. The van der Waals surface area contributed by atoms with E-state index < -0.39 is 0 Å². The second-order valence-corrected chi connectivity index (χ2v) is 7.97. The van der Waals surface area contributed by atoms with Gasteiger partial charge in [-0.05, 0) is 31.7 Å². The molecule has 1 saturated carbocycles. The van der Waals surface area contributed by atoms with E-state index in [4.69, 9.17) is 4.52 Å². The van der Waals surface area contributed by atoms with Crippen molar-refractivity contribution >= 4 is 22.8 Å². The molecule has 158 valence electrons. The molecule has 1 fully saturated rings. The van der Waals surface area contributed by atoms with Gasteiger partial charge in [0.05, 0.1) is 23.7 Å².